The van der Waals surface area contributed by atoms with Crippen molar-refractivity contribution in [1.29, 1.82) is 0 Å². The lowest BCUT2D eigenvalue weighted by Gasteiger charge is -2.31. The summed E-state index contributed by atoms with van der Waals surface area (Å²) in [7, 11) is 1.63. The number of amides is 3. The number of hydrazine groups is 1. The molecule has 2 saturated heterocycles. The molecule has 162 valence electrons. The highest BCUT2D eigenvalue weighted by molar-refractivity contribution is 8.00. The van der Waals surface area contributed by atoms with Crippen LogP contribution in [0.1, 0.15) is 44.9 Å². The minimum atomic E-state index is -0.856. The minimum Gasteiger partial charge on any atom is -0.381 e. The highest BCUT2D eigenvalue weighted by Crippen LogP contribution is 2.25. The van der Waals surface area contributed by atoms with Gasteiger partial charge in [-0.3, -0.25) is 24.6 Å². The van der Waals surface area contributed by atoms with Crippen molar-refractivity contribution in [3.05, 3.63) is 0 Å². The van der Waals surface area contributed by atoms with Crippen molar-refractivity contribution in [2.24, 2.45) is 11.8 Å². The van der Waals surface area contributed by atoms with Gasteiger partial charge in [-0.25, -0.2) is 5.43 Å². The third-order valence-electron chi connectivity index (χ3n) is 5.94. The van der Waals surface area contributed by atoms with Gasteiger partial charge in [0.05, 0.1) is 5.75 Å². The average Bonchev–Trinajstić information content (AvgIpc) is 3.08. The van der Waals surface area contributed by atoms with Crippen LogP contribution in [0.25, 0.3) is 0 Å². The number of Topliss-reactive ketones (excluding diaryl/α,β-unsaturated/α-hetero) is 1. The number of carbonyl (C=O) groups is 4. The van der Waals surface area contributed by atoms with E-state index in [4.69, 9.17) is 4.74 Å². The van der Waals surface area contributed by atoms with Gasteiger partial charge >= 0.3 is 5.91 Å². The van der Waals surface area contributed by atoms with E-state index >= 15 is 0 Å². The van der Waals surface area contributed by atoms with E-state index in [0.29, 0.717) is 31.8 Å². The van der Waals surface area contributed by atoms with Gasteiger partial charge in [-0.15, -0.1) is 11.8 Å². The van der Waals surface area contributed by atoms with Gasteiger partial charge in [0.2, 0.25) is 17.6 Å². The molecule has 29 heavy (non-hydrogen) atoms. The summed E-state index contributed by atoms with van der Waals surface area (Å²) in [5.41, 5.74) is 4.72. The highest BCUT2D eigenvalue weighted by atomic mass is 32.2. The summed E-state index contributed by atoms with van der Waals surface area (Å²) >= 11 is 1.33. The van der Waals surface area contributed by atoms with Gasteiger partial charge in [0.15, 0.2) is 0 Å². The first-order chi connectivity index (χ1) is 14.0. The van der Waals surface area contributed by atoms with Crippen LogP contribution in [-0.2, 0) is 23.9 Å². The number of nitrogens with one attached hydrogen (secondary N) is 3. The number of carbonyl (C=O) groups excluding carboxylic acids is 4. The molecular formula is C19H30N4O5S. The van der Waals surface area contributed by atoms with Gasteiger partial charge in [-0.05, 0) is 31.6 Å². The molecule has 2 unspecified atom stereocenters. The van der Waals surface area contributed by atoms with Crippen LogP contribution in [0.3, 0.4) is 0 Å². The van der Waals surface area contributed by atoms with E-state index in [1.165, 1.54) is 16.7 Å². The first-order valence-corrected chi connectivity index (χ1v) is 11.4. The van der Waals surface area contributed by atoms with Crippen molar-refractivity contribution < 1.29 is 23.9 Å². The summed E-state index contributed by atoms with van der Waals surface area (Å²) in [4.78, 5) is 51.2. The van der Waals surface area contributed by atoms with Gasteiger partial charge in [0.25, 0.3) is 0 Å². The van der Waals surface area contributed by atoms with E-state index in [1.54, 1.807) is 7.05 Å². The fraction of sp³-hybridized carbons (Fsp3) is 0.789. The number of nitrogens with zero attached hydrogens (tertiary/aromatic N) is 1. The lowest BCUT2D eigenvalue weighted by molar-refractivity contribution is -0.143. The first kappa shape index (κ1) is 22.0. The quantitative estimate of drug-likeness (QED) is 0.392. The van der Waals surface area contributed by atoms with Crippen molar-refractivity contribution in [3.8, 4) is 0 Å². The zero-order valence-corrected chi connectivity index (χ0v) is 17.6. The van der Waals surface area contributed by atoms with Gasteiger partial charge < -0.3 is 15.0 Å². The predicted octanol–water partition coefficient (Wildman–Crippen LogP) is 0.157. The van der Waals surface area contributed by atoms with Gasteiger partial charge in [0, 0.05) is 26.2 Å². The Morgan fingerprint density at radius 1 is 1.10 bits per heavy atom. The summed E-state index contributed by atoms with van der Waals surface area (Å²) in [5, 5.41) is 2.88. The van der Waals surface area contributed by atoms with Crippen molar-refractivity contribution >= 4 is 35.3 Å². The molecule has 2 heterocycles. The number of ether oxygens (including phenoxy) is 1. The molecule has 3 aliphatic rings. The van der Waals surface area contributed by atoms with E-state index < -0.39 is 23.2 Å². The van der Waals surface area contributed by atoms with Crippen molar-refractivity contribution in [2.75, 3.05) is 26.0 Å². The molecule has 0 radical (unpaired) electrons. The summed E-state index contributed by atoms with van der Waals surface area (Å²) < 4.78 is 5.37. The van der Waals surface area contributed by atoms with Gasteiger partial charge in [0.1, 0.15) is 11.5 Å². The maximum Gasteiger partial charge on any atom is 0.303 e. The Morgan fingerprint density at radius 2 is 1.79 bits per heavy atom. The Balaban J connectivity index is 1.60. The molecule has 3 amide bonds. The van der Waals surface area contributed by atoms with Gasteiger partial charge in [-0.1, -0.05) is 19.3 Å². The second-order valence-corrected chi connectivity index (χ2v) is 8.97. The maximum absolute atomic E-state index is 12.9. The van der Waals surface area contributed by atoms with E-state index in [9.17, 15) is 19.2 Å². The molecule has 0 spiro atoms. The largest absolute Gasteiger partial charge is 0.381 e. The van der Waals surface area contributed by atoms with Crippen LogP contribution >= 0.6 is 11.8 Å². The maximum atomic E-state index is 12.9. The van der Waals surface area contributed by atoms with E-state index in [1.807, 2.05) is 0 Å². The molecule has 1 saturated carbocycles. The fourth-order valence-electron chi connectivity index (χ4n) is 4.05. The number of hydrogen-bond acceptors (Lipinski definition) is 7. The molecule has 0 aromatic carbocycles. The summed E-state index contributed by atoms with van der Waals surface area (Å²) in [6.45, 7) is 1.03. The predicted molar refractivity (Wildman–Crippen MR) is 107 cm³/mol. The molecule has 9 nitrogen and oxygen atoms in total. The lowest BCUT2D eigenvalue weighted by Crippen LogP contribution is -2.57. The molecule has 3 N–H and O–H groups in total. The van der Waals surface area contributed by atoms with Crippen LogP contribution in [0.15, 0.2) is 0 Å². The Kier molecular flexibility index (Phi) is 7.91. The minimum absolute atomic E-state index is 0.0482. The standard InChI is InChI=1S/C19H30N4O5S/c1-23-14(24)11-29-19(23)22-21-18(27)16(25)15(12-7-9-28-10-8-12)20-17(26)13-5-3-2-4-6-13/h12-13,15,19,22H,2-11H2,1H3,(H,20,26)(H,21,27). The highest BCUT2D eigenvalue weighted by Gasteiger charge is 2.37. The fourth-order valence-corrected chi connectivity index (χ4v) is 5.03. The van der Waals surface area contributed by atoms with Crippen LogP contribution in [-0.4, -0.2) is 66.0 Å². The summed E-state index contributed by atoms with van der Waals surface area (Å²) in [6, 6.07) is -0.856. The zero-order chi connectivity index (χ0) is 20.8. The number of thioether (sulfide) groups is 1. The van der Waals surface area contributed by atoms with Crippen LogP contribution in [0, 0.1) is 11.8 Å². The first-order valence-electron chi connectivity index (χ1n) is 10.3. The topological polar surface area (TPSA) is 117 Å². The zero-order valence-electron chi connectivity index (χ0n) is 16.8. The Morgan fingerprint density at radius 3 is 2.41 bits per heavy atom. The van der Waals surface area contributed by atoms with Crippen molar-refractivity contribution in [3.63, 3.8) is 0 Å². The molecule has 2 atom stereocenters. The molecule has 10 heteroatoms. The Hall–Kier alpha value is -1.65. The molecule has 2 aliphatic heterocycles. The van der Waals surface area contributed by atoms with Gasteiger partial charge in [-0.2, -0.15) is 0 Å². The normalized spacial score (nSPS) is 24.9. The summed E-state index contributed by atoms with van der Waals surface area (Å²) in [6.07, 6.45) is 6.07. The third-order valence-corrected chi connectivity index (χ3v) is 7.10. The molecular weight excluding hydrogens is 396 g/mol. The number of rotatable bonds is 7. The molecule has 0 aromatic rings. The average molecular weight is 427 g/mol. The Bertz CT molecular complexity index is 634. The lowest BCUT2D eigenvalue weighted by atomic mass is 9.85. The van der Waals surface area contributed by atoms with Crippen molar-refractivity contribution in [1.82, 2.24) is 21.1 Å². The third kappa shape index (κ3) is 5.70. The molecule has 0 aromatic heterocycles. The van der Waals surface area contributed by atoms with Crippen LogP contribution < -0.4 is 16.2 Å². The molecule has 3 rings (SSSR count). The monoisotopic (exact) mass is 426 g/mol. The molecule has 0 bridgehead atoms. The second kappa shape index (κ2) is 10.4. The van der Waals surface area contributed by atoms with Crippen LogP contribution in [0.5, 0.6) is 0 Å². The Labute approximate surface area is 175 Å². The number of hydrogen-bond donors (Lipinski definition) is 3. The van der Waals surface area contributed by atoms with E-state index in [2.05, 4.69) is 16.2 Å². The number of ketones is 1. The van der Waals surface area contributed by atoms with Crippen LogP contribution in [0.4, 0.5) is 0 Å². The second-order valence-electron chi connectivity index (χ2n) is 7.90. The molecule has 1 aliphatic carbocycles. The summed E-state index contributed by atoms with van der Waals surface area (Å²) in [5.74, 6) is -1.54. The van der Waals surface area contributed by atoms with Crippen molar-refractivity contribution in [2.45, 2.75) is 56.5 Å². The van der Waals surface area contributed by atoms with Crippen LogP contribution in [0.2, 0.25) is 0 Å². The smallest absolute Gasteiger partial charge is 0.303 e. The SMILES string of the molecule is CN1C(=O)CSC1NNC(=O)C(=O)C(NC(=O)C1CCCCC1)C1CCOCC1. The van der Waals surface area contributed by atoms with E-state index in [-0.39, 0.29) is 23.7 Å². The molecule has 3 fully saturated rings. The van der Waals surface area contributed by atoms with E-state index in [0.717, 1.165) is 32.1 Å².